The Morgan fingerprint density at radius 3 is 2.07 bits per heavy atom. The average molecular weight is 219 g/mol. The van der Waals surface area contributed by atoms with Crippen molar-refractivity contribution < 1.29 is 22.0 Å². The summed E-state index contributed by atoms with van der Waals surface area (Å²) in [5.41, 5.74) is -0.743. The molecule has 2 aromatic rings. The van der Waals surface area contributed by atoms with Gasteiger partial charge < -0.3 is 0 Å². The van der Waals surface area contributed by atoms with Crippen LogP contribution in [-0.2, 0) is 0 Å². The molecule has 0 radical (unpaired) electrons. The first-order chi connectivity index (χ1) is 7.02. The molecule has 78 valence electrons. The van der Waals surface area contributed by atoms with Crippen molar-refractivity contribution in [3.05, 3.63) is 41.3 Å². The van der Waals surface area contributed by atoms with Gasteiger partial charge in [0.1, 0.15) is 11.3 Å². The van der Waals surface area contributed by atoms with Crippen LogP contribution in [0.25, 0.3) is 10.9 Å². The van der Waals surface area contributed by atoms with Crippen LogP contribution in [0.3, 0.4) is 0 Å². The van der Waals surface area contributed by atoms with Crippen LogP contribution >= 0.6 is 0 Å². The van der Waals surface area contributed by atoms with E-state index in [9.17, 15) is 22.0 Å². The Kier molecular flexibility index (Phi) is 2.06. The fourth-order valence-corrected chi connectivity index (χ4v) is 1.20. The van der Waals surface area contributed by atoms with Crippen LogP contribution in [0.1, 0.15) is 0 Å². The monoisotopic (exact) mass is 219 g/mol. The van der Waals surface area contributed by atoms with E-state index in [0.717, 1.165) is 0 Å². The number of hydrogen-bond donors (Lipinski definition) is 0. The van der Waals surface area contributed by atoms with Crippen LogP contribution in [0.15, 0.2) is 12.3 Å². The maximum atomic E-state index is 13.0. The minimum absolute atomic E-state index is 0.545. The molecule has 0 aliphatic heterocycles. The quantitative estimate of drug-likeness (QED) is 0.377. The molecule has 1 aromatic carbocycles. The van der Waals surface area contributed by atoms with Gasteiger partial charge in [0.15, 0.2) is 23.3 Å². The molecular weight excluding hydrogens is 217 g/mol. The lowest BCUT2D eigenvalue weighted by Gasteiger charge is -2.03. The lowest BCUT2D eigenvalue weighted by atomic mass is 10.2. The fourth-order valence-electron chi connectivity index (χ4n) is 1.20. The highest BCUT2D eigenvalue weighted by atomic mass is 19.2. The second-order valence-corrected chi connectivity index (χ2v) is 2.81. The molecule has 0 spiro atoms. The minimum Gasteiger partial charge on any atom is -0.250 e. The highest BCUT2D eigenvalue weighted by molar-refractivity contribution is 5.79. The van der Waals surface area contributed by atoms with Gasteiger partial charge in [0, 0.05) is 5.39 Å². The molecule has 0 N–H and O–H groups in total. The highest BCUT2D eigenvalue weighted by Gasteiger charge is 2.21. The molecule has 2 rings (SSSR count). The molecule has 0 aliphatic rings. The van der Waals surface area contributed by atoms with Crippen LogP contribution in [0.2, 0.25) is 0 Å². The SMILES string of the molecule is Fc1cnc2c(F)c(F)c(F)c(F)c2c1. The summed E-state index contributed by atoms with van der Waals surface area (Å²) in [6, 6.07) is 0.545. The first kappa shape index (κ1) is 9.82. The van der Waals surface area contributed by atoms with Crippen molar-refractivity contribution in [1.29, 1.82) is 0 Å². The van der Waals surface area contributed by atoms with Crippen LogP contribution in [0.4, 0.5) is 22.0 Å². The predicted molar refractivity (Wildman–Crippen MR) is 41.5 cm³/mol. The summed E-state index contributed by atoms with van der Waals surface area (Å²) in [5.74, 6) is -8.20. The maximum Gasteiger partial charge on any atom is 0.199 e. The fraction of sp³-hybridized carbons (Fsp3) is 0. The van der Waals surface area contributed by atoms with E-state index in [1.165, 1.54) is 0 Å². The number of fused-ring (bicyclic) bond motifs is 1. The summed E-state index contributed by atoms with van der Waals surface area (Å²) in [6.45, 7) is 0. The van der Waals surface area contributed by atoms with E-state index in [2.05, 4.69) is 4.98 Å². The summed E-state index contributed by atoms with van der Waals surface area (Å²) in [7, 11) is 0. The molecule has 1 aromatic heterocycles. The molecular formula is C9H2F5N. The Bertz CT molecular complexity index is 552. The molecule has 0 saturated heterocycles. The summed E-state index contributed by atoms with van der Waals surface area (Å²) >= 11 is 0. The third-order valence-electron chi connectivity index (χ3n) is 1.88. The summed E-state index contributed by atoms with van der Waals surface area (Å²) in [5, 5.41) is -0.730. The third-order valence-corrected chi connectivity index (χ3v) is 1.88. The van der Waals surface area contributed by atoms with Crippen LogP contribution in [-0.4, -0.2) is 4.98 Å². The predicted octanol–water partition coefficient (Wildman–Crippen LogP) is 2.93. The summed E-state index contributed by atoms with van der Waals surface area (Å²) in [4.78, 5) is 3.15. The molecule has 0 bridgehead atoms. The Hall–Kier alpha value is -1.72. The molecule has 0 unspecified atom stereocenters. The summed E-state index contributed by atoms with van der Waals surface area (Å²) in [6.07, 6.45) is 0.586. The Labute approximate surface area is 80.2 Å². The van der Waals surface area contributed by atoms with Crippen molar-refractivity contribution in [3.63, 3.8) is 0 Å². The van der Waals surface area contributed by atoms with E-state index < -0.39 is 40.0 Å². The number of aromatic nitrogens is 1. The van der Waals surface area contributed by atoms with E-state index in [4.69, 9.17) is 0 Å². The van der Waals surface area contributed by atoms with E-state index in [0.29, 0.717) is 12.3 Å². The zero-order valence-corrected chi connectivity index (χ0v) is 6.99. The van der Waals surface area contributed by atoms with Gasteiger partial charge in [0.25, 0.3) is 0 Å². The van der Waals surface area contributed by atoms with Crippen molar-refractivity contribution in [2.24, 2.45) is 0 Å². The molecule has 0 atom stereocenters. The number of benzene rings is 1. The lowest BCUT2D eigenvalue weighted by Crippen LogP contribution is -1.99. The largest absolute Gasteiger partial charge is 0.250 e. The third kappa shape index (κ3) is 1.33. The normalized spacial score (nSPS) is 11.0. The van der Waals surface area contributed by atoms with Crippen LogP contribution < -0.4 is 0 Å². The minimum atomic E-state index is -1.98. The second-order valence-electron chi connectivity index (χ2n) is 2.81. The first-order valence-electron chi connectivity index (χ1n) is 3.79. The van der Waals surface area contributed by atoms with E-state index in [-0.39, 0.29) is 0 Å². The number of rotatable bonds is 0. The Morgan fingerprint density at radius 1 is 0.800 bits per heavy atom. The molecule has 0 aliphatic carbocycles. The Balaban J connectivity index is 3.00. The Morgan fingerprint density at radius 2 is 1.40 bits per heavy atom. The number of pyridine rings is 1. The number of nitrogens with zero attached hydrogens (tertiary/aromatic N) is 1. The average Bonchev–Trinajstić information content (AvgIpc) is 2.23. The van der Waals surface area contributed by atoms with Crippen molar-refractivity contribution >= 4 is 10.9 Å². The molecule has 0 saturated carbocycles. The summed E-state index contributed by atoms with van der Waals surface area (Å²) < 4.78 is 64.1. The van der Waals surface area contributed by atoms with Crippen molar-refractivity contribution in [3.8, 4) is 0 Å². The van der Waals surface area contributed by atoms with Gasteiger partial charge in [-0.2, -0.15) is 0 Å². The standard InChI is InChI=1S/C9H2F5N/c10-3-1-4-5(11)6(12)7(13)8(14)9(4)15-2-3/h1-2H. The molecule has 15 heavy (non-hydrogen) atoms. The molecule has 6 heteroatoms. The van der Waals surface area contributed by atoms with Gasteiger partial charge in [-0.25, -0.2) is 26.9 Å². The second kappa shape index (κ2) is 3.15. The topological polar surface area (TPSA) is 12.9 Å². The van der Waals surface area contributed by atoms with Crippen molar-refractivity contribution in [1.82, 2.24) is 4.98 Å². The maximum absolute atomic E-state index is 13.0. The van der Waals surface area contributed by atoms with Gasteiger partial charge in [-0.05, 0) is 6.07 Å². The molecule has 0 fully saturated rings. The van der Waals surface area contributed by atoms with Gasteiger partial charge in [0.05, 0.1) is 6.20 Å². The smallest absolute Gasteiger partial charge is 0.199 e. The van der Waals surface area contributed by atoms with Gasteiger partial charge in [-0.1, -0.05) is 0 Å². The van der Waals surface area contributed by atoms with Gasteiger partial charge in [-0.3, -0.25) is 0 Å². The van der Waals surface area contributed by atoms with Crippen LogP contribution in [0, 0.1) is 29.1 Å². The highest BCUT2D eigenvalue weighted by Crippen LogP contribution is 2.25. The van der Waals surface area contributed by atoms with Crippen LogP contribution in [0.5, 0.6) is 0 Å². The lowest BCUT2D eigenvalue weighted by molar-refractivity contribution is 0.417. The number of halogens is 5. The zero-order chi connectivity index (χ0) is 11.2. The molecule has 0 amide bonds. The van der Waals surface area contributed by atoms with E-state index >= 15 is 0 Å². The van der Waals surface area contributed by atoms with Crippen molar-refractivity contribution in [2.75, 3.05) is 0 Å². The van der Waals surface area contributed by atoms with Gasteiger partial charge in [-0.15, -0.1) is 0 Å². The first-order valence-corrected chi connectivity index (χ1v) is 3.79. The molecule has 1 nitrogen and oxygen atoms in total. The van der Waals surface area contributed by atoms with E-state index in [1.807, 2.05) is 0 Å². The van der Waals surface area contributed by atoms with Gasteiger partial charge in [0.2, 0.25) is 0 Å². The van der Waals surface area contributed by atoms with E-state index in [1.54, 1.807) is 0 Å². The molecule has 1 heterocycles. The zero-order valence-electron chi connectivity index (χ0n) is 6.99. The number of hydrogen-bond acceptors (Lipinski definition) is 1. The van der Waals surface area contributed by atoms with Gasteiger partial charge >= 0.3 is 0 Å². The van der Waals surface area contributed by atoms with Crippen molar-refractivity contribution in [2.45, 2.75) is 0 Å².